The Bertz CT molecular complexity index is 682. The van der Waals surface area contributed by atoms with E-state index in [1.807, 2.05) is 31.2 Å². The van der Waals surface area contributed by atoms with Gasteiger partial charge < -0.3 is 19.9 Å². The molecule has 0 spiro atoms. The summed E-state index contributed by atoms with van der Waals surface area (Å²) in [5.41, 5.74) is 1.48. The van der Waals surface area contributed by atoms with E-state index in [-0.39, 0.29) is 11.7 Å². The summed E-state index contributed by atoms with van der Waals surface area (Å²) in [6, 6.07) is 12.3. The summed E-state index contributed by atoms with van der Waals surface area (Å²) in [5, 5.41) is 12.2. The largest absolute Gasteiger partial charge is 0.508 e. The van der Waals surface area contributed by atoms with Gasteiger partial charge in [-0.25, -0.2) is 0 Å². The van der Waals surface area contributed by atoms with Crippen LogP contribution in [0, 0.1) is 0 Å². The first-order chi connectivity index (χ1) is 10.7. The van der Waals surface area contributed by atoms with E-state index >= 15 is 0 Å². The number of carbonyl (C=O) groups is 1. The second kappa shape index (κ2) is 5.97. The lowest BCUT2D eigenvalue weighted by Gasteiger charge is -2.26. The van der Waals surface area contributed by atoms with Gasteiger partial charge in [-0.1, -0.05) is 12.1 Å². The van der Waals surface area contributed by atoms with Gasteiger partial charge >= 0.3 is 0 Å². The SMILES string of the molecule is CCOc1ccc(CC2Oc3ccc(O)cc3NC2=O)cc1. The van der Waals surface area contributed by atoms with Crippen molar-refractivity contribution in [2.24, 2.45) is 0 Å². The van der Waals surface area contributed by atoms with Crippen LogP contribution >= 0.6 is 0 Å². The summed E-state index contributed by atoms with van der Waals surface area (Å²) in [6.45, 7) is 2.56. The number of amides is 1. The summed E-state index contributed by atoms with van der Waals surface area (Å²) in [7, 11) is 0. The minimum atomic E-state index is -0.588. The van der Waals surface area contributed by atoms with Crippen LogP contribution in [0.5, 0.6) is 17.2 Å². The zero-order valence-corrected chi connectivity index (χ0v) is 12.2. The first kappa shape index (κ1) is 14.3. The number of aromatic hydroxyl groups is 1. The Morgan fingerprint density at radius 3 is 2.73 bits per heavy atom. The van der Waals surface area contributed by atoms with Gasteiger partial charge in [0.25, 0.3) is 5.91 Å². The molecule has 1 heterocycles. The first-order valence-corrected chi connectivity index (χ1v) is 7.18. The maximum absolute atomic E-state index is 12.1. The summed E-state index contributed by atoms with van der Waals surface area (Å²) >= 11 is 0. The molecule has 0 aliphatic carbocycles. The van der Waals surface area contributed by atoms with Crippen LogP contribution in [0.4, 0.5) is 5.69 Å². The molecule has 1 aliphatic heterocycles. The molecule has 5 heteroatoms. The molecule has 0 fully saturated rings. The number of benzene rings is 2. The van der Waals surface area contributed by atoms with Gasteiger partial charge in [-0.2, -0.15) is 0 Å². The molecule has 1 aliphatic rings. The van der Waals surface area contributed by atoms with Crippen molar-refractivity contribution in [1.29, 1.82) is 0 Å². The van der Waals surface area contributed by atoms with Crippen LogP contribution in [0.15, 0.2) is 42.5 Å². The van der Waals surface area contributed by atoms with Gasteiger partial charge in [-0.3, -0.25) is 4.79 Å². The summed E-state index contributed by atoms with van der Waals surface area (Å²) in [5.74, 6) is 1.24. The predicted molar refractivity (Wildman–Crippen MR) is 82.5 cm³/mol. The van der Waals surface area contributed by atoms with Crippen LogP contribution in [0.2, 0.25) is 0 Å². The summed E-state index contributed by atoms with van der Waals surface area (Å²) in [6.07, 6.45) is -0.117. The Hall–Kier alpha value is -2.69. The van der Waals surface area contributed by atoms with Crippen LogP contribution in [0.3, 0.4) is 0 Å². The third-order valence-corrected chi connectivity index (χ3v) is 3.44. The fourth-order valence-corrected chi connectivity index (χ4v) is 2.38. The predicted octanol–water partition coefficient (Wildman–Crippen LogP) is 2.73. The van der Waals surface area contributed by atoms with Gasteiger partial charge in [-0.15, -0.1) is 0 Å². The molecule has 1 atom stereocenters. The molecular weight excluding hydrogens is 282 g/mol. The fourth-order valence-electron chi connectivity index (χ4n) is 2.38. The van der Waals surface area contributed by atoms with Crippen molar-refractivity contribution in [3.8, 4) is 17.2 Å². The number of anilines is 1. The molecule has 0 saturated heterocycles. The van der Waals surface area contributed by atoms with Gasteiger partial charge in [0.05, 0.1) is 12.3 Å². The molecule has 3 rings (SSSR count). The number of phenols is 1. The van der Waals surface area contributed by atoms with Crippen molar-refractivity contribution in [2.75, 3.05) is 11.9 Å². The van der Waals surface area contributed by atoms with E-state index in [1.165, 1.54) is 12.1 Å². The summed E-state index contributed by atoms with van der Waals surface area (Å²) < 4.78 is 11.1. The van der Waals surface area contributed by atoms with Gasteiger partial charge in [-0.05, 0) is 36.8 Å². The Morgan fingerprint density at radius 2 is 2.00 bits per heavy atom. The second-order valence-corrected chi connectivity index (χ2v) is 5.06. The van der Waals surface area contributed by atoms with Crippen LogP contribution < -0.4 is 14.8 Å². The average Bonchev–Trinajstić information content (AvgIpc) is 2.50. The standard InChI is InChI=1S/C17H17NO4/c1-2-21-13-6-3-11(4-7-13)9-16-17(20)18-14-10-12(19)5-8-15(14)22-16/h3-8,10,16,19H,2,9H2,1H3,(H,18,20). The third-order valence-electron chi connectivity index (χ3n) is 3.44. The van der Waals surface area contributed by atoms with Crippen molar-refractivity contribution in [1.82, 2.24) is 0 Å². The zero-order valence-electron chi connectivity index (χ0n) is 12.2. The first-order valence-electron chi connectivity index (χ1n) is 7.18. The number of rotatable bonds is 4. The van der Waals surface area contributed by atoms with E-state index in [2.05, 4.69) is 5.32 Å². The van der Waals surface area contributed by atoms with E-state index in [0.717, 1.165) is 11.3 Å². The van der Waals surface area contributed by atoms with E-state index in [4.69, 9.17) is 9.47 Å². The monoisotopic (exact) mass is 299 g/mol. The molecule has 114 valence electrons. The van der Waals surface area contributed by atoms with Crippen molar-refractivity contribution in [2.45, 2.75) is 19.4 Å². The average molecular weight is 299 g/mol. The van der Waals surface area contributed by atoms with Crippen LogP contribution in [0.25, 0.3) is 0 Å². The number of ether oxygens (including phenoxy) is 2. The molecule has 5 nitrogen and oxygen atoms in total. The summed E-state index contributed by atoms with van der Waals surface area (Å²) in [4.78, 5) is 12.1. The Morgan fingerprint density at radius 1 is 1.23 bits per heavy atom. The number of phenolic OH excluding ortho intramolecular Hbond substituents is 1. The maximum Gasteiger partial charge on any atom is 0.265 e. The fraction of sp³-hybridized carbons (Fsp3) is 0.235. The van der Waals surface area contributed by atoms with Crippen molar-refractivity contribution < 1.29 is 19.4 Å². The molecule has 0 aromatic heterocycles. The highest BCUT2D eigenvalue weighted by Crippen LogP contribution is 2.33. The molecule has 2 N–H and O–H groups in total. The highest BCUT2D eigenvalue weighted by Gasteiger charge is 2.27. The minimum absolute atomic E-state index is 0.0904. The smallest absolute Gasteiger partial charge is 0.265 e. The molecule has 1 unspecified atom stereocenters. The molecule has 22 heavy (non-hydrogen) atoms. The van der Waals surface area contributed by atoms with E-state index in [9.17, 15) is 9.90 Å². The minimum Gasteiger partial charge on any atom is -0.508 e. The normalized spacial score (nSPS) is 16.4. The topological polar surface area (TPSA) is 67.8 Å². The van der Waals surface area contributed by atoms with Crippen LogP contribution in [-0.4, -0.2) is 23.7 Å². The zero-order chi connectivity index (χ0) is 15.5. The molecule has 2 aromatic rings. The van der Waals surface area contributed by atoms with Gasteiger partial charge in [0.15, 0.2) is 6.10 Å². The van der Waals surface area contributed by atoms with Crippen LogP contribution in [0.1, 0.15) is 12.5 Å². The van der Waals surface area contributed by atoms with Gasteiger partial charge in [0.2, 0.25) is 0 Å². The Labute approximate surface area is 128 Å². The van der Waals surface area contributed by atoms with E-state index < -0.39 is 6.10 Å². The van der Waals surface area contributed by atoms with Crippen LogP contribution in [-0.2, 0) is 11.2 Å². The van der Waals surface area contributed by atoms with E-state index in [0.29, 0.717) is 24.5 Å². The molecule has 0 bridgehead atoms. The number of carbonyl (C=O) groups excluding carboxylic acids is 1. The van der Waals surface area contributed by atoms with Crippen molar-refractivity contribution >= 4 is 11.6 Å². The third kappa shape index (κ3) is 2.98. The quantitative estimate of drug-likeness (QED) is 0.911. The van der Waals surface area contributed by atoms with Gasteiger partial charge in [0, 0.05) is 12.5 Å². The number of nitrogens with one attached hydrogen (secondary N) is 1. The molecule has 0 radical (unpaired) electrons. The van der Waals surface area contributed by atoms with E-state index in [1.54, 1.807) is 6.07 Å². The molecule has 2 aromatic carbocycles. The maximum atomic E-state index is 12.1. The Balaban J connectivity index is 1.73. The number of hydrogen-bond acceptors (Lipinski definition) is 4. The second-order valence-electron chi connectivity index (χ2n) is 5.06. The molecular formula is C17H17NO4. The lowest BCUT2D eigenvalue weighted by molar-refractivity contribution is -0.123. The molecule has 0 saturated carbocycles. The number of hydrogen-bond donors (Lipinski definition) is 2. The highest BCUT2D eigenvalue weighted by atomic mass is 16.5. The van der Waals surface area contributed by atoms with Crippen molar-refractivity contribution in [3.63, 3.8) is 0 Å². The molecule has 1 amide bonds. The van der Waals surface area contributed by atoms with Gasteiger partial charge in [0.1, 0.15) is 17.2 Å². The lowest BCUT2D eigenvalue weighted by Crippen LogP contribution is -2.38. The number of fused-ring (bicyclic) bond motifs is 1. The highest BCUT2D eigenvalue weighted by molar-refractivity contribution is 5.98. The van der Waals surface area contributed by atoms with Crippen molar-refractivity contribution in [3.05, 3.63) is 48.0 Å². The lowest BCUT2D eigenvalue weighted by atomic mass is 10.1. The Kier molecular flexibility index (Phi) is 3.87.